The Bertz CT molecular complexity index is 494. The van der Waals surface area contributed by atoms with Crippen LogP contribution in [0.25, 0.3) is 0 Å². The Hall–Kier alpha value is -2.03. The summed E-state index contributed by atoms with van der Waals surface area (Å²) in [4.78, 5) is 4.20. The molecule has 0 aliphatic heterocycles. The summed E-state index contributed by atoms with van der Waals surface area (Å²) >= 11 is 0. The third kappa shape index (κ3) is 3.48. The molecule has 0 saturated heterocycles. The Morgan fingerprint density at radius 3 is 2.61 bits per heavy atom. The minimum atomic E-state index is 0.443. The van der Waals surface area contributed by atoms with Gasteiger partial charge in [0.1, 0.15) is 12.4 Å². The number of benzene rings is 1. The van der Waals surface area contributed by atoms with Gasteiger partial charge in [0.2, 0.25) is 0 Å². The van der Waals surface area contributed by atoms with Crippen LogP contribution in [0.2, 0.25) is 0 Å². The van der Waals surface area contributed by atoms with Crippen LogP contribution < -0.4 is 10.5 Å². The van der Waals surface area contributed by atoms with E-state index in [9.17, 15) is 0 Å². The summed E-state index contributed by atoms with van der Waals surface area (Å²) in [6.07, 6.45) is 3.96. The molecule has 3 nitrogen and oxygen atoms in total. The van der Waals surface area contributed by atoms with Crippen molar-refractivity contribution >= 4 is 5.69 Å². The van der Waals surface area contributed by atoms with E-state index in [4.69, 9.17) is 10.5 Å². The van der Waals surface area contributed by atoms with Crippen LogP contribution in [0, 0.1) is 0 Å². The number of pyridine rings is 1. The Morgan fingerprint density at radius 2 is 1.94 bits per heavy atom. The third-order valence-electron chi connectivity index (χ3n) is 2.69. The molecule has 2 N–H and O–H groups in total. The number of hydrogen-bond acceptors (Lipinski definition) is 3. The Balaban J connectivity index is 1.93. The number of nitrogen functional groups attached to an aromatic ring is 1. The largest absolute Gasteiger partial charge is 0.487 e. The monoisotopic (exact) mass is 242 g/mol. The molecule has 1 aromatic heterocycles. The average Bonchev–Trinajstić information content (AvgIpc) is 2.38. The number of aryl methyl sites for hydroxylation is 1. The van der Waals surface area contributed by atoms with Gasteiger partial charge in [0.05, 0.1) is 5.69 Å². The van der Waals surface area contributed by atoms with E-state index in [0.717, 1.165) is 24.3 Å². The van der Waals surface area contributed by atoms with E-state index in [1.54, 1.807) is 12.3 Å². The number of nitrogens with zero attached hydrogens (tertiary/aromatic N) is 1. The number of aromatic nitrogens is 1. The first-order chi connectivity index (χ1) is 8.78. The van der Waals surface area contributed by atoms with Crippen LogP contribution in [0.15, 0.2) is 42.6 Å². The predicted molar refractivity (Wildman–Crippen MR) is 73.4 cm³/mol. The second kappa shape index (κ2) is 6.05. The molecule has 0 amide bonds. The van der Waals surface area contributed by atoms with Crippen molar-refractivity contribution in [1.29, 1.82) is 0 Å². The van der Waals surface area contributed by atoms with Gasteiger partial charge >= 0.3 is 0 Å². The number of anilines is 1. The summed E-state index contributed by atoms with van der Waals surface area (Å²) in [5, 5.41) is 0. The number of ether oxygens (including phenoxy) is 1. The Morgan fingerprint density at radius 1 is 1.17 bits per heavy atom. The molecule has 0 spiro atoms. The predicted octanol–water partition coefficient (Wildman–Crippen LogP) is 3.20. The average molecular weight is 242 g/mol. The van der Waals surface area contributed by atoms with Crippen LogP contribution in [0.4, 0.5) is 5.69 Å². The zero-order chi connectivity index (χ0) is 12.8. The molecule has 0 saturated carbocycles. The van der Waals surface area contributed by atoms with Crippen LogP contribution in [0.1, 0.15) is 24.6 Å². The van der Waals surface area contributed by atoms with Crippen molar-refractivity contribution in [3.8, 4) is 5.75 Å². The van der Waals surface area contributed by atoms with E-state index in [1.807, 2.05) is 18.2 Å². The zero-order valence-corrected chi connectivity index (χ0v) is 10.6. The number of rotatable bonds is 5. The molecule has 0 unspecified atom stereocenters. The topological polar surface area (TPSA) is 48.1 Å². The highest BCUT2D eigenvalue weighted by Gasteiger charge is 1.98. The number of hydrogen-bond donors (Lipinski definition) is 1. The van der Waals surface area contributed by atoms with Gasteiger partial charge in [-0.05, 0) is 36.2 Å². The van der Waals surface area contributed by atoms with Gasteiger partial charge in [-0.2, -0.15) is 0 Å². The van der Waals surface area contributed by atoms with Gasteiger partial charge in [-0.3, -0.25) is 4.98 Å². The fourth-order valence-electron chi connectivity index (χ4n) is 1.77. The van der Waals surface area contributed by atoms with E-state index < -0.39 is 0 Å². The van der Waals surface area contributed by atoms with Gasteiger partial charge in [0, 0.05) is 11.9 Å². The standard InChI is InChI=1S/C15H18N2O/c1-2-3-12-4-6-15(7-5-12)18-11-14-10-13(16)8-9-17-14/h4-10H,2-3,11H2,1H3,(H2,16,17). The van der Waals surface area contributed by atoms with E-state index in [1.165, 1.54) is 5.56 Å². The molecule has 1 heterocycles. The van der Waals surface area contributed by atoms with E-state index in [-0.39, 0.29) is 0 Å². The van der Waals surface area contributed by atoms with Crippen molar-refractivity contribution in [3.05, 3.63) is 53.9 Å². The van der Waals surface area contributed by atoms with E-state index in [0.29, 0.717) is 12.3 Å². The molecule has 18 heavy (non-hydrogen) atoms. The quantitative estimate of drug-likeness (QED) is 0.875. The van der Waals surface area contributed by atoms with Crippen LogP contribution in [-0.4, -0.2) is 4.98 Å². The summed E-state index contributed by atoms with van der Waals surface area (Å²) in [7, 11) is 0. The highest BCUT2D eigenvalue weighted by Crippen LogP contribution is 2.15. The molecule has 94 valence electrons. The molecule has 2 aromatic rings. The van der Waals surface area contributed by atoms with Gasteiger partial charge in [-0.25, -0.2) is 0 Å². The molecule has 0 aliphatic carbocycles. The summed E-state index contributed by atoms with van der Waals surface area (Å²) in [6, 6.07) is 11.8. The summed E-state index contributed by atoms with van der Waals surface area (Å²) in [5.74, 6) is 0.860. The lowest BCUT2D eigenvalue weighted by atomic mass is 10.1. The summed E-state index contributed by atoms with van der Waals surface area (Å²) in [5.41, 5.74) is 8.58. The van der Waals surface area contributed by atoms with Crippen molar-refractivity contribution in [1.82, 2.24) is 4.98 Å². The molecular formula is C15H18N2O. The fourth-order valence-corrected chi connectivity index (χ4v) is 1.77. The molecule has 0 aliphatic rings. The molecule has 0 atom stereocenters. The molecular weight excluding hydrogens is 224 g/mol. The lowest BCUT2D eigenvalue weighted by Gasteiger charge is -2.07. The second-order valence-corrected chi connectivity index (χ2v) is 4.26. The van der Waals surface area contributed by atoms with E-state index >= 15 is 0 Å². The highest BCUT2D eigenvalue weighted by atomic mass is 16.5. The molecule has 0 fully saturated rings. The van der Waals surface area contributed by atoms with Gasteiger partial charge in [-0.1, -0.05) is 25.5 Å². The normalized spacial score (nSPS) is 10.3. The van der Waals surface area contributed by atoms with Crippen molar-refractivity contribution in [2.75, 3.05) is 5.73 Å². The maximum absolute atomic E-state index is 5.69. The first-order valence-corrected chi connectivity index (χ1v) is 6.20. The van der Waals surface area contributed by atoms with Gasteiger partial charge in [-0.15, -0.1) is 0 Å². The maximum Gasteiger partial charge on any atom is 0.130 e. The fraction of sp³-hybridized carbons (Fsp3) is 0.267. The highest BCUT2D eigenvalue weighted by molar-refractivity contribution is 5.37. The summed E-state index contributed by atoms with van der Waals surface area (Å²) < 4.78 is 5.66. The lowest BCUT2D eigenvalue weighted by Crippen LogP contribution is -1.99. The maximum atomic E-state index is 5.69. The molecule has 3 heteroatoms. The van der Waals surface area contributed by atoms with E-state index in [2.05, 4.69) is 24.0 Å². The van der Waals surface area contributed by atoms with Crippen molar-refractivity contribution in [2.24, 2.45) is 0 Å². The van der Waals surface area contributed by atoms with Crippen molar-refractivity contribution in [3.63, 3.8) is 0 Å². The van der Waals surface area contributed by atoms with Crippen LogP contribution in [0.5, 0.6) is 5.75 Å². The van der Waals surface area contributed by atoms with Crippen LogP contribution >= 0.6 is 0 Å². The molecule has 2 rings (SSSR count). The Labute approximate surface area is 108 Å². The van der Waals surface area contributed by atoms with Gasteiger partial charge in [0.25, 0.3) is 0 Å². The molecule has 0 bridgehead atoms. The first-order valence-electron chi connectivity index (χ1n) is 6.20. The second-order valence-electron chi connectivity index (χ2n) is 4.26. The SMILES string of the molecule is CCCc1ccc(OCc2cc(N)ccn2)cc1. The molecule has 0 radical (unpaired) electrons. The minimum Gasteiger partial charge on any atom is -0.487 e. The Kier molecular flexibility index (Phi) is 4.18. The van der Waals surface area contributed by atoms with Crippen molar-refractivity contribution in [2.45, 2.75) is 26.4 Å². The minimum absolute atomic E-state index is 0.443. The van der Waals surface area contributed by atoms with Gasteiger partial charge in [0.15, 0.2) is 0 Å². The van der Waals surface area contributed by atoms with Gasteiger partial charge < -0.3 is 10.5 Å². The lowest BCUT2D eigenvalue weighted by molar-refractivity contribution is 0.301. The van der Waals surface area contributed by atoms with Crippen molar-refractivity contribution < 1.29 is 4.74 Å². The summed E-state index contributed by atoms with van der Waals surface area (Å²) in [6.45, 7) is 2.62. The van der Waals surface area contributed by atoms with Crippen LogP contribution in [-0.2, 0) is 13.0 Å². The number of nitrogens with two attached hydrogens (primary N) is 1. The molecule has 1 aromatic carbocycles. The first kappa shape index (κ1) is 12.4. The van der Waals surface area contributed by atoms with Crippen LogP contribution in [0.3, 0.4) is 0 Å². The zero-order valence-electron chi connectivity index (χ0n) is 10.6. The third-order valence-corrected chi connectivity index (χ3v) is 2.69. The smallest absolute Gasteiger partial charge is 0.130 e.